The summed E-state index contributed by atoms with van der Waals surface area (Å²) in [6.07, 6.45) is 0. The van der Waals surface area contributed by atoms with E-state index in [-0.39, 0.29) is 16.9 Å². The molecule has 7 heteroatoms. The Labute approximate surface area is 114 Å². The number of carbonyl (C=O) groups is 1. The third-order valence-electron chi connectivity index (χ3n) is 2.67. The summed E-state index contributed by atoms with van der Waals surface area (Å²) in [5, 5.41) is 13.8. The van der Waals surface area contributed by atoms with Gasteiger partial charge in [0.2, 0.25) is 5.91 Å². The van der Waals surface area contributed by atoms with Crippen LogP contribution in [0, 0.1) is 10.1 Å². The van der Waals surface area contributed by atoms with Gasteiger partial charge in [-0.05, 0) is 36.4 Å². The van der Waals surface area contributed by atoms with Crippen molar-refractivity contribution in [3.05, 3.63) is 58.1 Å². The lowest BCUT2D eigenvalue weighted by Gasteiger charge is -2.08. The molecule has 2 aromatic rings. The van der Waals surface area contributed by atoms with Gasteiger partial charge in [0.25, 0.3) is 5.69 Å². The highest BCUT2D eigenvalue weighted by atomic mass is 16.6. The van der Waals surface area contributed by atoms with Gasteiger partial charge in [0.05, 0.1) is 4.92 Å². The first-order valence-corrected chi connectivity index (χ1v) is 5.68. The maximum atomic E-state index is 11.1. The topological polar surface area (TPSA) is 124 Å². The maximum Gasteiger partial charge on any atom is 0.292 e. The number of benzene rings is 2. The summed E-state index contributed by atoms with van der Waals surface area (Å²) >= 11 is 0. The predicted octanol–water partition coefficient (Wildman–Crippen LogP) is 2.02. The van der Waals surface area contributed by atoms with Crippen LogP contribution in [0.3, 0.4) is 0 Å². The Bertz CT molecular complexity index is 668. The van der Waals surface area contributed by atoms with Crippen LogP contribution in [0.15, 0.2) is 42.5 Å². The first-order chi connectivity index (χ1) is 9.47. The number of nitrogens with zero attached hydrogens (tertiary/aromatic N) is 1. The Morgan fingerprint density at radius 1 is 1.15 bits per heavy atom. The highest BCUT2D eigenvalue weighted by molar-refractivity contribution is 5.95. The van der Waals surface area contributed by atoms with Gasteiger partial charge in [0, 0.05) is 23.0 Å². The second-order valence-electron chi connectivity index (χ2n) is 4.10. The molecule has 7 nitrogen and oxygen atoms in total. The SMILES string of the molecule is NC(=O)c1ccc([N+](=O)[O-])c(Nc2ccc(N)cc2)c1. The Morgan fingerprint density at radius 3 is 2.35 bits per heavy atom. The van der Waals surface area contributed by atoms with Crippen molar-refractivity contribution in [3.8, 4) is 0 Å². The van der Waals surface area contributed by atoms with E-state index in [0.717, 1.165) is 0 Å². The highest BCUT2D eigenvalue weighted by Crippen LogP contribution is 2.28. The molecule has 0 saturated carbocycles. The largest absolute Gasteiger partial charge is 0.399 e. The lowest BCUT2D eigenvalue weighted by molar-refractivity contribution is -0.383. The molecule has 0 aliphatic rings. The molecular weight excluding hydrogens is 260 g/mol. The van der Waals surface area contributed by atoms with Gasteiger partial charge in [-0.2, -0.15) is 0 Å². The van der Waals surface area contributed by atoms with Crippen molar-refractivity contribution in [1.29, 1.82) is 0 Å². The lowest BCUT2D eigenvalue weighted by atomic mass is 10.1. The van der Waals surface area contributed by atoms with Crippen LogP contribution in [0.25, 0.3) is 0 Å². The van der Waals surface area contributed by atoms with E-state index >= 15 is 0 Å². The fourth-order valence-corrected chi connectivity index (χ4v) is 1.67. The zero-order valence-electron chi connectivity index (χ0n) is 10.4. The molecule has 0 aromatic heterocycles. The van der Waals surface area contributed by atoms with Gasteiger partial charge in [0.1, 0.15) is 5.69 Å². The van der Waals surface area contributed by atoms with Crippen LogP contribution in [-0.2, 0) is 0 Å². The quantitative estimate of drug-likeness (QED) is 0.446. The second-order valence-corrected chi connectivity index (χ2v) is 4.10. The molecule has 0 atom stereocenters. The minimum Gasteiger partial charge on any atom is -0.399 e. The fourth-order valence-electron chi connectivity index (χ4n) is 1.67. The van der Waals surface area contributed by atoms with E-state index in [1.165, 1.54) is 18.2 Å². The number of nitro benzene ring substituents is 1. The van der Waals surface area contributed by atoms with Crippen molar-refractivity contribution in [2.45, 2.75) is 0 Å². The molecule has 0 spiro atoms. The smallest absolute Gasteiger partial charge is 0.292 e. The second kappa shape index (κ2) is 5.27. The Hall–Kier alpha value is -3.09. The van der Waals surface area contributed by atoms with Crippen LogP contribution in [0.2, 0.25) is 0 Å². The number of amides is 1. The van der Waals surface area contributed by atoms with E-state index < -0.39 is 10.8 Å². The number of hydrogen-bond acceptors (Lipinski definition) is 5. The van der Waals surface area contributed by atoms with E-state index in [0.29, 0.717) is 11.4 Å². The van der Waals surface area contributed by atoms with Crippen LogP contribution < -0.4 is 16.8 Å². The van der Waals surface area contributed by atoms with Crippen LogP contribution in [0.4, 0.5) is 22.7 Å². The Balaban J connectivity index is 2.41. The molecule has 0 radical (unpaired) electrons. The number of rotatable bonds is 4. The number of nitrogen functional groups attached to an aromatic ring is 1. The number of carbonyl (C=O) groups excluding carboxylic acids is 1. The summed E-state index contributed by atoms with van der Waals surface area (Å²) in [5.41, 5.74) is 12.2. The first kappa shape index (κ1) is 13.3. The van der Waals surface area contributed by atoms with Gasteiger partial charge >= 0.3 is 0 Å². The average Bonchev–Trinajstić information content (AvgIpc) is 2.41. The molecule has 0 heterocycles. The van der Waals surface area contributed by atoms with Gasteiger partial charge in [-0.3, -0.25) is 14.9 Å². The van der Waals surface area contributed by atoms with Crippen molar-refractivity contribution in [1.82, 2.24) is 0 Å². The molecule has 20 heavy (non-hydrogen) atoms. The van der Waals surface area contributed by atoms with Crippen molar-refractivity contribution in [2.75, 3.05) is 11.1 Å². The number of nitrogens with two attached hydrogens (primary N) is 2. The molecule has 0 unspecified atom stereocenters. The summed E-state index contributed by atoms with van der Waals surface area (Å²) < 4.78 is 0. The van der Waals surface area contributed by atoms with Crippen molar-refractivity contribution in [2.24, 2.45) is 5.73 Å². The number of primary amides is 1. The summed E-state index contributed by atoms with van der Waals surface area (Å²) in [6, 6.07) is 10.6. The van der Waals surface area contributed by atoms with Gasteiger partial charge in [0.15, 0.2) is 0 Å². The van der Waals surface area contributed by atoms with Crippen LogP contribution in [0.5, 0.6) is 0 Å². The fraction of sp³-hybridized carbons (Fsp3) is 0. The van der Waals surface area contributed by atoms with E-state index in [1.807, 2.05) is 0 Å². The van der Waals surface area contributed by atoms with Gasteiger partial charge in [-0.15, -0.1) is 0 Å². The van der Waals surface area contributed by atoms with Crippen molar-refractivity contribution in [3.63, 3.8) is 0 Å². The molecule has 0 bridgehead atoms. The number of anilines is 3. The summed E-state index contributed by atoms with van der Waals surface area (Å²) in [6.45, 7) is 0. The predicted molar refractivity (Wildman–Crippen MR) is 75.8 cm³/mol. The number of nitro groups is 1. The van der Waals surface area contributed by atoms with E-state index in [9.17, 15) is 14.9 Å². The zero-order chi connectivity index (χ0) is 14.7. The Kier molecular flexibility index (Phi) is 3.52. The third-order valence-corrected chi connectivity index (χ3v) is 2.67. The lowest BCUT2D eigenvalue weighted by Crippen LogP contribution is -2.11. The minimum absolute atomic E-state index is 0.146. The van der Waals surface area contributed by atoms with Crippen LogP contribution in [0.1, 0.15) is 10.4 Å². The maximum absolute atomic E-state index is 11.1. The summed E-state index contributed by atoms with van der Waals surface area (Å²) in [5.74, 6) is -0.653. The number of hydrogen-bond donors (Lipinski definition) is 3. The van der Waals surface area contributed by atoms with Gasteiger partial charge < -0.3 is 16.8 Å². The number of nitrogens with one attached hydrogen (secondary N) is 1. The van der Waals surface area contributed by atoms with Gasteiger partial charge in [-0.1, -0.05) is 0 Å². The van der Waals surface area contributed by atoms with E-state index in [4.69, 9.17) is 11.5 Å². The first-order valence-electron chi connectivity index (χ1n) is 5.68. The highest BCUT2D eigenvalue weighted by Gasteiger charge is 2.16. The molecule has 1 amide bonds. The Morgan fingerprint density at radius 2 is 1.80 bits per heavy atom. The minimum atomic E-state index is -0.653. The monoisotopic (exact) mass is 272 g/mol. The molecule has 0 aliphatic heterocycles. The van der Waals surface area contributed by atoms with Crippen molar-refractivity contribution < 1.29 is 9.72 Å². The molecular formula is C13H12N4O3. The zero-order valence-corrected chi connectivity index (χ0v) is 10.4. The molecule has 0 aliphatic carbocycles. The summed E-state index contributed by atoms with van der Waals surface area (Å²) in [7, 11) is 0. The molecule has 0 saturated heterocycles. The third kappa shape index (κ3) is 2.83. The van der Waals surface area contributed by atoms with Crippen LogP contribution >= 0.6 is 0 Å². The van der Waals surface area contributed by atoms with E-state index in [2.05, 4.69) is 5.32 Å². The van der Waals surface area contributed by atoms with Gasteiger partial charge in [-0.25, -0.2) is 0 Å². The molecule has 0 fully saturated rings. The summed E-state index contributed by atoms with van der Waals surface area (Å²) in [4.78, 5) is 21.6. The normalized spacial score (nSPS) is 10.0. The van der Waals surface area contributed by atoms with Crippen molar-refractivity contribution >= 4 is 28.7 Å². The molecule has 2 aromatic carbocycles. The van der Waals surface area contributed by atoms with Crippen LogP contribution in [-0.4, -0.2) is 10.8 Å². The molecule has 2 rings (SSSR count). The molecule has 5 N–H and O–H groups in total. The standard InChI is InChI=1S/C13H12N4O3/c14-9-2-4-10(5-3-9)16-11-7-8(13(15)18)1-6-12(11)17(19)20/h1-7,16H,14H2,(H2,15,18). The van der Waals surface area contributed by atoms with E-state index in [1.54, 1.807) is 24.3 Å². The molecule has 102 valence electrons. The average molecular weight is 272 g/mol.